The van der Waals surface area contributed by atoms with Crippen LogP contribution in [0.5, 0.6) is 0 Å². The van der Waals surface area contributed by atoms with E-state index in [0.717, 1.165) is 27.2 Å². The van der Waals surface area contributed by atoms with Crippen LogP contribution in [0.2, 0.25) is 0 Å². The van der Waals surface area contributed by atoms with Crippen molar-refractivity contribution in [3.05, 3.63) is 6.92 Å². The molecule has 0 aliphatic heterocycles. The minimum absolute atomic E-state index is 0. The van der Waals surface area contributed by atoms with Crippen molar-refractivity contribution in [2.75, 3.05) is 0 Å². The maximum Gasteiger partial charge on any atom is 1.00 e. The third kappa shape index (κ3) is 8350. The van der Waals surface area contributed by atoms with Gasteiger partial charge in [-0.15, -0.1) is 0 Å². The van der Waals surface area contributed by atoms with Crippen molar-refractivity contribution < 1.29 is 63.3 Å². The van der Waals surface area contributed by atoms with Gasteiger partial charge in [-0.25, -0.2) is 0 Å². The summed E-state index contributed by atoms with van der Waals surface area (Å²) in [6.45, 7) is 8.75. The Morgan fingerprint density at radius 2 is 0.882 bits per heavy atom. The summed E-state index contributed by atoms with van der Waals surface area (Å²) in [6.07, 6.45) is 1.00. The Kier molecular flexibility index (Phi) is 76.4. The van der Waals surface area contributed by atoms with Gasteiger partial charge in [-0.3, -0.25) is 14.4 Å². The first kappa shape index (κ1) is 36.0. The first-order chi connectivity index (χ1) is 6.61. The number of aliphatic carboxylic acids is 3. The van der Waals surface area contributed by atoms with E-state index in [1.54, 1.807) is 0 Å². The Morgan fingerprint density at radius 1 is 0.882 bits per heavy atom. The largest absolute Gasteiger partial charge is 1.00 e. The van der Waals surface area contributed by atoms with E-state index >= 15 is 0 Å². The van der Waals surface area contributed by atoms with Crippen molar-refractivity contribution in [2.45, 2.75) is 34.1 Å². The summed E-state index contributed by atoms with van der Waals surface area (Å²) >= 11 is 0. The van der Waals surface area contributed by atoms with E-state index in [-0.39, 0.29) is 33.6 Å². The first-order valence-electron chi connectivity index (χ1n) is 3.99. The molecule has 0 amide bonds. The monoisotopic (exact) mass is 344 g/mol. The molecule has 0 rings (SSSR count). The van der Waals surface area contributed by atoms with Gasteiger partial charge in [0.25, 0.3) is 17.9 Å². The number of carboxylic acids is 3. The second kappa shape index (κ2) is 36.1. The van der Waals surface area contributed by atoms with Crippen molar-refractivity contribution in [1.82, 2.24) is 0 Å². The van der Waals surface area contributed by atoms with Crippen molar-refractivity contribution in [1.29, 1.82) is 0 Å². The molecule has 0 radical (unpaired) electrons. The van der Waals surface area contributed by atoms with Crippen LogP contribution in [0.4, 0.5) is 0 Å². The molecule has 0 saturated heterocycles. The van der Waals surface area contributed by atoms with Gasteiger partial charge in [0.15, 0.2) is 0 Å². The second-order valence-electron chi connectivity index (χ2n) is 2.06. The van der Waals surface area contributed by atoms with E-state index < -0.39 is 17.9 Å². The predicted molar refractivity (Wildman–Crippen MR) is 55.6 cm³/mol. The summed E-state index contributed by atoms with van der Waals surface area (Å²) in [7, 11) is 0. The summed E-state index contributed by atoms with van der Waals surface area (Å²) in [4.78, 5) is 27.0. The van der Waals surface area contributed by atoms with Crippen LogP contribution in [0.1, 0.15) is 34.1 Å². The molecular weight excluding hydrogens is 326 g/mol. The van der Waals surface area contributed by atoms with Crippen LogP contribution in [-0.2, 0) is 47.9 Å². The molecule has 0 bridgehead atoms. The first-order valence-corrected chi connectivity index (χ1v) is 3.99. The molecule has 0 atom stereocenters. The van der Waals surface area contributed by atoms with Crippen molar-refractivity contribution in [3.8, 4) is 0 Å². The van der Waals surface area contributed by atoms with Gasteiger partial charge in [0.1, 0.15) is 0 Å². The van der Waals surface area contributed by atoms with E-state index in [1.807, 2.05) is 6.92 Å². The number of hydrogen-bond acceptors (Lipinski definition) is 3. The molecule has 0 heterocycles. The molecule has 0 aliphatic rings. The average molecular weight is 345 g/mol. The molecule has 0 aliphatic carbocycles. The molecule has 3 N–H and O–H groups in total. The third-order valence-corrected chi connectivity index (χ3v) is 0. The smallest absolute Gasteiger partial charge is 0.481 e. The van der Waals surface area contributed by atoms with E-state index in [9.17, 15) is 0 Å². The van der Waals surface area contributed by atoms with Crippen molar-refractivity contribution >= 4 is 17.9 Å². The Hall–Kier alpha value is -0.577. The molecule has 17 heavy (non-hydrogen) atoms. The molecule has 0 saturated carbocycles. The third-order valence-electron chi connectivity index (χ3n) is 0. The maximum atomic E-state index is 9.00. The van der Waals surface area contributed by atoms with Gasteiger partial charge in [0, 0.05) is 37.3 Å². The number of hydrogen-bond donors (Lipinski definition) is 3. The van der Waals surface area contributed by atoms with E-state index in [0.29, 0.717) is 0 Å². The zero-order valence-corrected chi connectivity index (χ0v) is 12.0. The van der Waals surface area contributed by atoms with Gasteiger partial charge in [0.05, 0.1) is 0 Å². The molecule has 0 spiro atoms. The topological polar surface area (TPSA) is 112 Å². The van der Waals surface area contributed by atoms with E-state index in [2.05, 4.69) is 6.92 Å². The van der Waals surface area contributed by atoms with Gasteiger partial charge in [0.2, 0.25) is 0 Å². The number of carboxylic acid groups (broad SMARTS) is 3. The van der Waals surface area contributed by atoms with Gasteiger partial charge < -0.3 is 22.2 Å². The van der Waals surface area contributed by atoms with E-state index in [4.69, 9.17) is 29.7 Å². The second-order valence-corrected chi connectivity index (χ2v) is 2.06. The van der Waals surface area contributed by atoms with Crippen LogP contribution >= 0.6 is 0 Å². The predicted octanol–water partition coefficient (Wildman–Crippen LogP) is 1.50. The number of carbonyl (C=O) groups is 3. The summed E-state index contributed by atoms with van der Waals surface area (Å²) in [5.41, 5.74) is 0. The minimum Gasteiger partial charge on any atom is -0.481 e. The quantitative estimate of drug-likeness (QED) is 0.453. The molecule has 0 aromatic heterocycles. The molecule has 0 unspecified atom stereocenters. The van der Waals surface area contributed by atoms with Gasteiger partial charge in [-0.2, -0.15) is 6.42 Å². The average Bonchev–Trinajstić information content (AvgIpc) is 1.81. The number of rotatable bonds is 0. The standard InChI is InChI=1S/C3H7.3C2H4O2.Cu.Ni/c1-3-2;3*1-2(3)4;;/h1,3H2,2H3;3*1H3,(H,3,4);;/q-1;;;;+1;. The van der Waals surface area contributed by atoms with Gasteiger partial charge in [-0.05, 0) is 0 Å². The van der Waals surface area contributed by atoms with Crippen LogP contribution in [0.15, 0.2) is 0 Å². The maximum absolute atomic E-state index is 9.00. The summed E-state index contributed by atoms with van der Waals surface area (Å²) in [6, 6.07) is 0. The normalized spacial score (nSPS) is 5.47. The molecule has 6 nitrogen and oxygen atoms in total. The molecule has 0 aromatic carbocycles. The Bertz CT molecular complexity index is 134. The molecule has 8 heteroatoms. The van der Waals surface area contributed by atoms with Crippen LogP contribution in [-0.4, -0.2) is 33.2 Å². The fourth-order valence-electron chi connectivity index (χ4n) is 0. The molecule has 0 aromatic rings. The zero-order chi connectivity index (χ0) is 13.4. The Balaban J connectivity index is -0.0000000230. The van der Waals surface area contributed by atoms with Gasteiger partial charge >= 0.3 is 17.1 Å². The van der Waals surface area contributed by atoms with E-state index in [1.165, 1.54) is 0 Å². The Morgan fingerprint density at radius 3 is 0.882 bits per heavy atom. The molecule has 0 fully saturated rings. The van der Waals surface area contributed by atoms with Crippen LogP contribution < -0.4 is 0 Å². The van der Waals surface area contributed by atoms with Gasteiger partial charge in [-0.1, -0.05) is 6.92 Å². The fourth-order valence-corrected chi connectivity index (χ4v) is 0. The fraction of sp³-hybridized carbons (Fsp3) is 0.556. The molecular formula is C9H19CuNiO6. The summed E-state index contributed by atoms with van der Waals surface area (Å²) in [5, 5.41) is 22.2. The molecule has 112 valence electrons. The van der Waals surface area contributed by atoms with Crippen LogP contribution in [0, 0.1) is 6.92 Å². The summed E-state index contributed by atoms with van der Waals surface area (Å²) < 4.78 is 0. The van der Waals surface area contributed by atoms with Crippen LogP contribution in [0.3, 0.4) is 0 Å². The minimum atomic E-state index is -0.833. The van der Waals surface area contributed by atoms with Crippen LogP contribution in [0.25, 0.3) is 0 Å². The van der Waals surface area contributed by atoms with Crippen molar-refractivity contribution in [3.63, 3.8) is 0 Å². The summed E-state index contributed by atoms with van der Waals surface area (Å²) in [5.74, 6) is -2.50. The SMILES string of the molecule is CC(=O)O.CC(=O)O.CC(=O)O.[CH2-]CC.[Cu+].[Ni]. The Labute approximate surface area is 122 Å². The zero-order valence-electron chi connectivity index (χ0n) is 10.1. The van der Waals surface area contributed by atoms with Crippen molar-refractivity contribution in [2.24, 2.45) is 0 Å².